The molecule has 0 bridgehead atoms. The minimum absolute atomic E-state index is 0.298. The predicted molar refractivity (Wildman–Crippen MR) is 98.6 cm³/mol. The van der Waals surface area contributed by atoms with Crippen LogP contribution in [0.4, 0.5) is 13.2 Å². The Balaban J connectivity index is 2.96. The highest BCUT2D eigenvalue weighted by atomic mass is 19.4. The highest BCUT2D eigenvalue weighted by Crippen LogP contribution is 2.31. The molecule has 0 aliphatic heterocycles. The Morgan fingerprint density at radius 2 is 1.81 bits per heavy atom. The van der Waals surface area contributed by atoms with Crippen molar-refractivity contribution in [2.45, 2.75) is 77.1 Å². The van der Waals surface area contributed by atoms with Crippen LogP contribution in [0, 0.1) is 0 Å². The summed E-state index contributed by atoms with van der Waals surface area (Å²) in [7, 11) is 0. The summed E-state index contributed by atoms with van der Waals surface area (Å²) in [6, 6.07) is 6.65. The number of nitrogens with two attached hydrogens (primary N) is 1. The van der Waals surface area contributed by atoms with Crippen LogP contribution in [0.5, 0.6) is 5.75 Å². The molecule has 0 spiro atoms. The standard InChI is InChI=1S/C20H30F3NO3/c1-5-6-7-11-26-16-10-8-9-15(12-16)13-19(24,14-20(21,22)23)17(25)27-18(2,3)4/h8-10,12H,5-7,11,13-14,24H2,1-4H3/t19-/m1/s1. The lowest BCUT2D eigenvalue weighted by molar-refractivity contribution is -0.179. The van der Waals surface area contributed by atoms with E-state index in [1.165, 1.54) is 0 Å². The largest absolute Gasteiger partial charge is 0.494 e. The van der Waals surface area contributed by atoms with Gasteiger partial charge >= 0.3 is 12.1 Å². The van der Waals surface area contributed by atoms with Crippen LogP contribution < -0.4 is 10.5 Å². The number of carbonyl (C=O) groups is 1. The van der Waals surface area contributed by atoms with Crippen molar-refractivity contribution in [1.82, 2.24) is 0 Å². The van der Waals surface area contributed by atoms with E-state index in [1.807, 2.05) is 0 Å². The van der Waals surface area contributed by atoms with Crippen LogP contribution in [0.1, 0.15) is 58.9 Å². The molecule has 0 unspecified atom stereocenters. The van der Waals surface area contributed by atoms with Crippen LogP contribution in [-0.4, -0.2) is 29.9 Å². The molecule has 0 aliphatic carbocycles. The number of esters is 1. The van der Waals surface area contributed by atoms with Gasteiger partial charge in [-0.3, -0.25) is 4.79 Å². The Hall–Kier alpha value is -1.76. The first-order valence-corrected chi connectivity index (χ1v) is 9.15. The molecule has 0 saturated carbocycles. The van der Waals surface area contributed by atoms with Crippen LogP contribution in [0.15, 0.2) is 24.3 Å². The van der Waals surface area contributed by atoms with E-state index < -0.39 is 29.7 Å². The van der Waals surface area contributed by atoms with Gasteiger partial charge < -0.3 is 15.2 Å². The minimum atomic E-state index is -4.60. The molecule has 1 rings (SSSR count). The summed E-state index contributed by atoms with van der Waals surface area (Å²) in [6.45, 7) is 7.37. The third-order valence-corrected chi connectivity index (χ3v) is 3.76. The van der Waals surface area contributed by atoms with E-state index in [0.29, 0.717) is 17.9 Å². The third-order valence-electron chi connectivity index (χ3n) is 3.76. The second kappa shape index (κ2) is 9.44. The highest BCUT2D eigenvalue weighted by Gasteiger charge is 2.47. The molecular weight excluding hydrogens is 359 g/mol. The molecule has 27 heavy (non-hydrogen) atoms. The van der Waals surface area contributed by atoms with E-state index in [4.69, 9.17) is 15.2 Å². The average molecular weight is 389 g/mol. The number of unbranched alkanes of at least 4 members (excludes halogenated alkanes) is 2. The average Bonchev–Trinajstić information content (AvgIpc) is 2.48. The summed E-state index contributed by atoms with van der Waals surface area (Å²) in [5.74, 6) is -0.524. The topological polar surface area (TPSA) is 61.5 Å². The summed E-state index contributed by atoms with van der Waals surface area (Å²) >= 11 is 0. The van der Waals surface area contributed by atoms with Gasteiger partial charge in [-0.1, -0.05) is 31.9 Å². The Morgan fingerprint density at radius 3 is 2.37 bits per heavy atom. The number of alkyl halides is 3. The van der Waals surface area contributed by atoms with Crippen LogP contribution in [0.3, 0.4) is 0 Å². The number of hydrogen-bond donors (Lipinski definition) is 1. The van der Waals surface area contributed by atoms with Crippen LogP contribution in [0.2, 0.25) is 0 Å². The van der Waals surface area contributed by atoms with Crippen molar-refractivity contribution < 1.29 is 27.4 Å². The lowest BCUT2D eigenvalue weighted by Gasteiger charge is -2.32. The van der Waals surface area contributed by atoms with Crippen LogP contribution in [-0.2, 0) is 16.0 Å². The van der Waals surface area contributed by atoms with Crippen molar-refractivity contribution in [3.8, 4) is 5.75 Å². The zero-order valence-corrected chi connectivity index (χ0v) is 16.5. The molecule has 0 saturated heterocycles. The second-order valence-corrected chi connectivity index (χ2v) is 7.83. The molecule has 1 atom stereocenters. The number of benzene rings is 1. The van der Waals surface area contributed by atoms with Crippen molar-refractivity contribution in [2.75, 3.05) is 6.61 Å². The molecule has 1 aromatic carbocycles. The smallest absolute Gasteiger partial charge is 0.391 e. The normalized spacial score (nSPS) is 14.5. The minimum Gasteiger partial charge on any atom is -0.494 e. The van der Waals surface area contributed by atoms with Crippen molar-refractivity contribution in [1.29, 1.82) is 0 Å². The Bertz CT molecular complexity index is 611. The molecule has 2 N–H and O–H groups in total. The van der Waals surface area contributed by atoms with Gasteiger partial charge in [-0.25, -0.2) is 0 Å². The van der Waals surface area contributed by atoms with Gasteiger partial charge in [0.25, 0.3) is 0 Å². The SMILES string of the molecule is CCCCCOc1cccc(C[C@@](N)(CC(F)(F)F)C(=O)OC(C)(C)C)c1. The molecule has 154 valence electrons. The Morgan fingerprint density at radius 1 is 1.15 bits per heavy atom. The van der Waals surface area contributed by atoms with Crippen molar-refractivity contribution in [2.24, 2.45) is 5.73 Å². The molecule has 0 fully saturated rings. The molecule has 0 heterocycles. The number of hydrogen-bond acceptors (Lipinski definition) is 4. The van der Waals surface area contributed by atoms with Gasteiger partial charge in [-0.15, -0.1) is 0 Å². The summed E-state index contributed by atoms with van der Waals surface area (Å²) in [4.78, 5) is 12.4. The zero-order valence-electron chi connectivity index (χ0n) is 16.5. The number of rotatable bonds is 9. The Labute approximate surface area is 159 Å². The van der Waals surface area contributed by atoms with E-state index in [1.54, 1.807) is 45.0 Å². The van der Waals surface area contributed by atoms with Gasteiger partial charge in [0.1, 0.15) is 16.9 Å². The van der Waals surface area contributed by atoms with Gasteiger partial charge in [0.05, 0.1) is 13.0 Å². The fraction of sp³-hybridized carbons (Fsp3) is 0.650. The molecule has 1 aromatic rings. The molecular formula is C20H30F3NO3. The fourth-order valence-electron chi connectivity index (χ4n) is 2.60. The molecule has 0 aliphatic rings. The van der Waals surface area contributed by atoms with E-state index in [-0.39, 0.29) is 6.42 Å². The van der Waals surface area contributed by atoms with Crippen molar-refractivity contribution in [3.05, 3.63) is 29.8 Å². The van der Waals surface area contributed by atoms with Crippen LogP contribution >= 0.6 is 0 Å². The van der Waals surface area contributed by atoms with E-state index in [9.17, 15) is 18.0 Å². The first-order valence-electron chi connectivity index (χ1n) is 9.15. The van der Waals surface area contributed by atoms with Crippen molar-refractivity contribution in [3.63, 3.8) is 0 Å². The number of ether oxygens (including phenoxy) is 2. The van der Waals surface area contributed by atoms with E-state index in [0.717, 1.165) is 19.3 Å². The first-order chi connectivity index (χ1) is 12.3. The second-order valence-electron chi connectivity index (χ2n) is 7.83. The van der Waals surface area contributed by atoms with Gasteiger partial charge in [0.15, 0.2) is 0 Å². The predicted octanol–water partition coefficient (Wildman–Crippen LogP) is 4.79. The van der Waals surface area contributed by atoms with Crippen molar-refractivity contribution >= 4 is 5.97 Å². The zero-order chi connectivity index (χ0) is 20.7. The quantitative estimate of drug-likeness (QED) is 0.487. The van der Waals surface area contributed by atoms with Gasteiger partial charge in [0, 0.05) is 6.42 Å². The van der Waals surface area contributed by atoms with Crippen LogP contribution in [0.25, 0.3) is 0 Å². The highest BCUT2D eigenvalue weighted by molar-refractivity contribution is 5.81. The summed E-state index contributed by atoms with van der Waals surface area (Å²) in [5.41, 5.74) is 3.27. The maximum atomic E-state index is 13.1. The number of halogens is 3. The molecule has 0 radical (unpaired) electrons. The van der Waals surface area contributed by atoms with Gasteiger partial charge in [-0.05, 0) is 44.9 Å². The number of carbonyl (C=O) groups excluding carboxylic acids is 1. The van der Waals surface area contributed by atoms with E-state index in [2.05, 4.69) is 6.92 Å². The third kappa shape index (κ3) is 9.13. The molecule has 4 nitrogen and oxygen atoms in total. The first kappa shape index (κ1) is 23.3. The summed E-state index contributed by atoms with van der Waals surface area (Å²) in [6.07, 6.45) is -3.36. The maximum absolute atomic E-state index is 13.1. The molecule has 0 aromatic heterocycles. The fourth-order valence-corrected chi connectivity index (χ4v) is 2.60. The van der Waals surface area contributed by atoms with E-state index >= 15 is 0 Å². The van der Waals surface area contributed by atoms with Gasteiger partial charge in [0.2, 0.25) is 0 Å². The lowest BCUT2D eigenvalue weighted by atomic mass is 9.88. The monoisotopic (exact) mass is 389 g/mol. The summed E-state index contributed by atoms with van der Waals surface area (Å²) < 4.78 is 49.9. The summed E-state index contributed by atoms with van der Waals surface area (Å²) in [5, 5.41) is 0. The molecule has 0 amide bonds. The lowest BCUT2D eigenvalue weighted by Crippen LogP contribution is -2.55. The Kier molecular flexibility index (Phi) is 8.14. The maximum Gasteiger partial charge on any atom is 0.391 e. The van der Waals surface area contributed by atoms with Gasteiger partial charge in [-0.2, -0.15) is 13.2 Å². The molecule has 7 heteroatoms.